The Morgan fingerprint density at radius 1 is 1.11 bits per heavy atom. The molecule has 1 amide bonds. The summed E-state index contributed by atoms with van der Waals surface area (Å²) in [5.41, 5.74) is 3.06. The second-order valence-corrected chi connectivity index (χ2v) is 9.71. The first-order chi connectivity index (χ1) is 17.9. The average molecular weight is 528 g/mol. The maximum atomic E-state index is 13.3. The van der Waals surface area contributed by atoms with E-state index in [0.717, 1.165) is 37.4 Å². The lowest BCUT2D eigenvalue weighted by Gasteiger charge is -2.22. The molecule has 37 heavy (non-hydrogen) atoms. The largest absolute Gasteiger partial charge is 0.433 e. The second kappa shape index (κ2) is 9.64. The number of hydrogen-bond acceptors (Lipinski definition) is 8. The topological polar surface area (TPSA) is 103 Å². The third-order valence-corrected chi connectivity index (χ3v) is 7.27. The molecule has 0 radical (unpaired) electrons. The zero-order valence-corrected chi connectivity index (χ0v) is 20.4. The first-order valence-corrected chi connectivity index (χ1v) is 12.3. The fourth-order valence-electron chi connectivity index (χ4n) is 5.22. The van der Waals surface area contributed by atoms with Crippen LogP contribution in [0.1, 0.15) is 15.9 Å². The number of carbonyl (C=O) groups is 1. The van der Waals surface area contributed by atoms with Gasteiger partial charge in [-0.3, -0.25) is 4.79 Å². The highest BCUT2D eigenvalue weighted by atomic mass is 35.5. The van der Waals surface area contributed by atoms with E-state index in [9.17, 15) is 13.6 Å². The van der Waals surface area contributed by atoms with Crippen molar-refractivity contribution in [2.75, 3.05) is 41.7 Å². The molecule has 192 valence electrons. The molecular weight excluding hydrogens is 504 g/mol. The Kier molecular flexibility index (Phi) is 6.17. The van der Waals surface area contributed by atoms with Crippen molar-refractivity contribution in [3.05, 3.63) is 58.7 Å². The van der Waals surface area contributed by atoms with Crippen LogP contribution in [-0.4, -0.2) is 48.7 Å². The average Bonchev–Trinajstić information content (AvgIpc) is 3.58. The summed E-state index contributed by atoms with van der Waals surface area (Å²) in [6.07, 6.45) is 1.39. The number of aromatic nitrogens is 2. The minimum absolute atomic E-state index is 0.00621. The van der Waals surface area contributed by atoms with Gasteiger partial charge in [0, 0.05) is 44.5 Å². The second-order valence-electron chi connectivity index (χ2n) is 9.30. The van der Waals surface area contributed by atoms with Crippen molar-refractivity contribution in [3.8, 4) is 5.75 Å². The van der Waals surface area contributed by atoms with Gasteiger partial charge in [0.1, 0.15) is 5.02 Å². The Morgan fingerprint density at radius 3 is 2.70 bits per heavy atom. The van der Waals surface area contributed by atoms with Crippen LogP contribution in [0.15, 0.2) is 42.6 Å². The van der Waals surface area contributed by atoms with E-state index in [-0.39, 0.29) is 28.4 Å². The molecule has 6 rings (SSSR count). The number of hydrogen-bond donors (Lipinski definition) is 4. The number of ether oxygens (including phenoxy) is 1. The van der Waals surface area contributed by atoms with Gasteiger partial charge in [-0.05, 0) is 35.6 Å². The number of nitrogens with one attached hydrogen (secondary N) is 4. The highest BCUT2D eigenvalue weighted by Crippen LogP contribution is 2.37. The van der Waals surface area contributed by atoms with Crippen molar-refractivity contribution in [2.45, 2.75) is 13.2 Å². The fraction of sp³-hybridized carbons (Fsp3) is 0.320. The lowest BCUT2D eigenvalue weighted by atomic mass is 10.0. The van der Waals surface area contributed by atoms with E-state index < -0.39 is 6.61 Å². The Bertz CT molecular complexity index is 1350. The molecule has 0 unspecified atom stereocenters. The lowest BCUT2D eigenvalue weighted by Crippen LogP contribution is -2.25. The summed E-state index contributed by atoms with van der Waals surface area (Å²) in [6.45, 7) is 1.15. The van der Waals surface area contributed by atoms with Gasteiger partial charge in [0.2, 0.25) is 5.95 Å². The zero-order valence-electron chi connectivity index (χ0n) is 19.6. The monoisotopic (exact) mass is 527 g/mol. The number of benzene rings is 2. The molecule has 1 aromatic heterocycles. The fourth-order valence-corrected chi connectivity index (χ4v) is 5.36. The molecule has 3 aliphatic heterocycles. The van der Waals surface area contributed by atoms with Crippen LogP contribution >= 0.6 is 11.6 Å². The molecule has 2 aromatic carbocycles. The number of nitrogens with zero attached hydrogens (tertiary/aromatic N) is 3. The van der Waals surface area contributed by atoms with Crippen LogP contribution in [0.4, 0.5) is 37.6 Å². The van der Waals surface area contributed by atoms with Crippen LogP contribution in [0, 0.1) is 11.8 Å². The highest BCUT2D eigenvalue weighted by Gasteiger charge is 2.36. The number of fused-ring (bicyclic) bond motifs is 2. The number of alkyl halides is 2. The minimum atomic E-state index is -2.99. The predicted molar refractivity (Wildman–Crippen MR) is 136 cm³/mol. The molecule has 9 nitrogen and oxygen atoms in total. The molecule has 12 heteroatoms. The molecule has 0 bridgehead atoms. The Balaban J connectivity index is 1.25. The van der Waals surface area contributed by atoms with E-state index in [4.69, 9.17) is 16.3 Å². The van der Waals surface area contributed by atoms with Crippen molar-refractivity contribution in [1.29, 1.82) is 0 Å². The maximum Gasteiger partial charge on any atom is 0.387 e. The van der Waals surface area contributed by atoms with Crippen molar-refractivity contribution >= 4 is 46.3 Å². The molecule has 2 atom stereocenters. The summed E-state index contributed by atoms with van der Waals surface area (Å²) >= 11 is 6.32. The minimum Gasteiger partial charge on any atom is -0.433 e. The van der Waals surface area contributed by atoms with Gasteiger partial charge < -0.3 is 30.9 Å². The predicted octanol–water partition coefficient (Wildman–Crippen LogP) is 4.12. The van der Waals surface area contributed by atoms with E-state index in [1.807, 2.05) is 18.2 Å². The van der Waals surface area contributed by atoms with Gasteiger partial charge in [-0.15, -0.1) is 0 Å². The van der Waals surface area contributed by atoms with Gasteiger partial charge in [0.15, 0.2) is 11.6 Å². The van der Waals surface area contributed by atoms with Gasteiger partial charge in [0.05, 0.1) is 23.1 Å². The van der Waals surface area contributed by atoms with Crippen molar-refractivity contribution in [1.82, 2.24) is 20.6 Å². The van der Waals surface area contributed by atoms with E-state index in [2.05, 4.69) is 36.1 Å². The Hall–Kier alpha value is -3.70. The standard InChI is InChI=1S/C25H24ClF2N7O2/c26-17-10-31-25(34-22(17)32-19-3-1-2-13-9-30-23(36)21(13)19)33-18-5-4-16(6-20(18)37-24(27)28)35-11-14-7-29-8-15(14)12-35/h1-6,10,14-15,24,29H,7-9,11-12H2,(H,30,36)(H2,31,32,33,34)/t14-,15+. The molecule has 4 N–H and O–H groups in total. The number of amides is 1. The van der Waals surface area contributed by atoms with E-state index in [0.29, 0.717) is 35.3 Å². The van der Waals surface area contributed by atoms with Crippen molar-refractivity contribution in [3.63, 3.8) is 0 Å². The number of rotatable bonds is 7. The SMILES string of the molecule is O=C1NCc2cccc(Nc3nc(Nc4ccc(N5C[C@H]6CNC[C@H]6C5)cc4OC(F)F)ncc3Cl)c21. The van der Waals surface area contributed by atoms with Crippen LogP contribution < -0.4 is 30.9 Å². The summed E-state index contributed by atoms with van der Waals surface area (Å²) < 4.78 is 31.4. The number of carbonyl (C=O) groups excluding carboxylic acids is 1. The first kappa shape index (κ1) is 23.7. The molecule has 0 saturated carbocycles. The normalized spacial score (nSPS) is 20.1. The number of halogens is 3. The van der Waals surface area contributed by atoms with Crippen LogP contribution in [-0.2, 0) is 6.54 Å². The summed E-state index contributed by atoms with van der Waals surface area (Å²) in [7, 11) is 0. The molecule has 3 aliphatic rings. The van der Waals surface area contributed by atoms with Crippen molar-refractivity contribution < 1.29 is 18.3 Å². The van der Waals surface area contributed by atoms with Crippen LogP contribution in [0.3, 0.4) is 0 Å². The maximum absolute atomic E-state index is 13.3. The molecule has 0 aliphatic carbocycles. The summed E-state index contributed by atoms with van der Waals surface area (Å²) in [6, 6.07) is 10.6. The van der Waals surface area contributed by atoms with Gasteiger partial charge in [-0.1, -0.05) is 23.7 Å². The quantitative estimate of drug-likeness (QED) is 0.364. The third-order valence-electron chi connectivity index (χ3n) is 7.00. The molecule has 3 aromatic rings. The molecule has 0 spiro atoms. The summed E-state index contributed by atoms with van der Waals surface area (Å²) in [5.74, 6) is 1.31. The molecule has 4 heterocycles. The van der Waals surface area contributed by atoms with Crippen LogP contribution in [0.25, 0.3) is 0 Å². The molecule has 2 fully saturated rings. The van der Waals surface area contributed by atoms with Gasteiger partial charge >= 0.3 is 6.61 Å². The number of anilines is 5. The summed E-state index contributed by atoms with van der Waals surface area (Å²) in [5, 5.41) is 12.5. The third kappa shape index (κ3) is 4.72. The lowest BCUT2D eigenvalue weighted by molar-refractivity contribution is -0.0493. The first-order valence-electron chi connectivity index (χ1n) is 12.0. The Morgan fingerprint density at radius 2 is 1.92 bits per heavy atom. The molecule has 2 saturated heterocycles. The van der Waals surface area contributed by atoms with Gasteiger partial charge in [-0.25, -0.2) is 4.98 Å². The van der Waals surface area contributed by atoms with E-state index in [1.165, 1.54) is 6.20 Å². The van der Waals surface area contributed by atoms with E-state index in [1.54, 1.807) is 18.2 Å². The zero-order chi connectivity index (χ0) is 25.5. The molecular formula is C25H24ClF2N7O2. The van der Waals surface area contributed by atoms with Gasteiger partial charge in [-0.2, -0.15) is 13.8 Å². The summed E-state index contributed by atoms with van der Waals surface area (Å²) in [4.78, 5) is 23.1. The van der Waals surface area contributed by atoms with E-state index >= 15 is 0 Å². The smallest absolute Gasteiger partial charge is 0.387 e. The van der Waals surface area contributed by atoms with Gasteiger partial charge in [0.25, 0.3) is 5.91 Å². The Labute approximate surface area is 216 Å². The van der Waals surface area contributed by atoms with Crippen LogP contribution in [0.2, 0.25) is 5.02 Å². The highest BCUT2D eigenvalue weighted by molar-refractivity contribution is 6.33. The van der Waals surface area contributed by atoms with Crippen molar-refractivity contribution in [2.24, 2.45) is 11.8 Å². The van der Waals surface area contributed by atoms with Crippen LogP contribution in [0.5, 0.6) is 5.75 Å².